The van der Waals surface area contributed by atoms with Crippen molar-refractivity contribution in [3.8, 4) is 0 Å². The number of carbonyl (C=O) groups is 1. The number of hydrogen-bond donors (Lipinski definition) is 2. The first-order valence-electron chi connectivity index (χ1n) is 4.81. The number of amides is 1. The van der Waals surface area contributed by atoms with Crippen LogP contribution in [0.25, 0.3) is 0 Å². The van der Waals surface area contributed by atoms with Crippen molar-refractivity contribution in [2.24, 2.45) is 0 Å². The zero-order valence-electron chi connectivity index (χ0n) is 8.29. The van der Waals surface area contributed by atoms with Crippen LogP contribution in [0.5, 0.6) is 0 Å². The van der Waals surface area contributed by atoms with Crippen molar-refractivity contribution in [3.05, 3.63) is 0 Å². The summed E-state index contributed by atoms with van der Waals surface area (Å²) in [5.74, 6) is 0.145. The van der Waals surface area contributed by atoms with Crippen LogP contribution in [-0.2, 0) is 4.79 Å². The molecule has 2 N–H and O–H groups in total. The van der Waals surface area contributed by atoms with Gasteiger partial charge in [-0.3, -0.25) is 4.79 Å². The van der Waals surface area contributed by atoms with Crippen molar-refractivity contribution in [2.45, 2.75) is 32.4 Å². The lowest BCUT2D eigenvalue weighted by molar-refractivity contribution is -0.135. The van der Waals surface area contributed by atoms with E-state index in [4.69, 9.17) is 5.11 Å². The summed E-state index contributed by atoms with van der Waals surface area (Å²) in [5.41, 5.74) is 0. The minimum absolute atomic E-state index is 0.0669. The van der Waals surface area contributed by atoms with Crippen molar-refractivity contribution in [1.82, 2.24) is 10.2 Å². The number of hydrogen-bond acceptors (Lipinski definition) is 3. The van der Waals surface area contributed by atoms with E-state index in [0.717, 1.165) is 13.1 Å². The molecule has 0 aromatic carbocycles. The first-order valence-corrected chi connectivity index (χ1v) is 4.81. The fourth-order valence-corrected chi connectivity index (χ4v) is 1.45. The van der Waals surface area contributed by atoms with E-state index in [-0.39, 0.29) is 18.1 Å². The van der Waals surface area contributed by atoms with Gasteiger partial charge < -0.3 is 15.3 Å². The van der Waals surface area contributed by atoms with E-state index < -0.39 is 0 Å². The summed E-state index contributed by atoms with van der Waals surface area (Å²) >= 11 is 0. The number of aliphatic hydroxyl groups is 1. The van der Waals surface area contributed by atoms with Gasteiger partial charge in [-0.25, -0.2) is 0 Å². The first kappa shape index (κ1) is 10.5. The Morgan fingerprint density at radius 3 is 3.08 bits per heavy atom. The Labute approximate surface area is 78.9 Å². The van der Waals surface area contributed by atoms with E-state index in [2.05, 4.69) is 5.32 Å². The van der Waals surface area contributed by atoms with Gasteiger partial charge in [0.1, 0.15) is 0 Å². The van der Waals surface area contributed by atoms with Crippen molar-refractivity contribution in [2.75, 3.05) is 19.6 Å². The smallest absolute Gasteiger partial charge is 0.239 e. The van der Waals surface area contributed by atoms with E-state index in [9.17, 15) is 4.79 Å². The molecule has 4 nitrogen and oxygen atoms in total. The van der Waals surface area contributed by atoms with Crippen molar-refractivity contribution >= 4 is 5.91 Å². The average molecular weight is 186 g/mol. The van der Waals surface area contributed by atoms with Gasteiger partial charge in [0.05, 0.1) is 12.1 Å². The van der Waals surface area contributed by atoms with Gasteiger partial charge in [0.15, 0.2) is 0 Å². The summed E-state index contributed by atoms with van der Waals surface area (Å²) in [7, 11) is 0. The van der Waals surface area contributed by atoms with E-state index in [0.29, 0.717) is 13.0 Å². The van der Waals surface area contributed by atoms with Gasteiger partial charge in [-0.15, -0.1) is 0 Å². The molecule has 0 saturated carbocycles. The van der Waals surface area contributed by atoms with Crippen molar-refractivity contribution in [1.29, 1.82) is 0 Å². The predicted octanol–water partition coefficient (Wildman–Crippen LogP) is -0.422. The largest absolute Gasteiger partial charge is 0.393 e. The van der Waals surface area contributed by atoms with Crippen molar-refractivity contribution in [3.63, 3.8) is 0 Å². The predicted molar refractivity (Wildman–Crippen MR) is 50.3 cm³/mol. The Hall–Kier alpha value is -0.610. The molecule has 0 aliphatic carbocycles. The summed E-state index contributed by atoms with van der Waals surface area (Å²) in [4.78, 5) is 13.3. The highest BCUT2D eigenvalue weighted by Gasteiger charge is 2.23. The number of carbonyl (C=O) groups excluding carboxylic acids is 1. The summed E-state index contributed by atoms with van der Waals surface area (Å²) in [6.07, 6.45) is 0.344. The average Bonchev–Trinajstić information content (AvgIpc) is 2.07. The molecule has 76 valence electrons. The third-order valence-corrected chi connectivity index (χ3v) is 2.33. The Morgan fingerprint density at radius 2 is 2.46 bits per heavy atom. The molecule has 0 spiro atoms. The molecule has 0 radical (unpaired) electrons. The SMILES string of the molecule is CC(O)CCN1CCNC(C)C1=O. The Balaban J connectivity index is 2.35. The Kier molecular flexibility index (Phi) is 3.69. The quantitative estimate of drug-likeness (QED) is 0.629. The lowest BCUT2D eigenvalue weighted by Crippen LogP contribution is -2.54. The van der Waals surface area contributed by atoms with Gasteiger partial charge in [0, 0.05) is 19.6 Å². The molecule has 2 atom stereocenters. The van der Waals surface area contributed by atoms with Gasteiger partial charge in [-0.05, 0) is 20.3 Å². The summed E-state index contributed by atoms with van der Waals surface area (Å²) in [5, 5.41) is 12.2. The van der Waals surface area contributed by atoms with E-state index in [1.165, 1.54) is 0 Å². The summed E-state index contributed by atoms with van der Waals surface area (Å²) in [6, 6.07) is -0.0669. The molecule has 1 rings (SSSR count). The molecule has 0 bridgehead atoms. The molecule has 0 aromatic heterocycles. The third-order valence-electron chi connectivity index (χ3n) is 2.33. The van der Waals surface area contributed by atoms with Crippen LogP contribution in [0.15, 0.2) is 0 Å². The molecule has 1 aliphatic heterocycles. The van der Waals surface area contributed by atoms with Gasteiger partial charge in [-0.1, -0.05) is 0 Å². The van der Waals surface area contributed by atoms with Gasteiger partial charge in [0.25, 0.3) is 0 Å². The zero-order valence-corrected chi connectivity index (χ0v) is 8.29. The van der Waals surface area contributed by atoms with Crippen LogP contribution < -0.4 is 5.32 Å². The van der Waals surface area contributed by atoms with Gasteiger partial charge in [0.2, 0.25) is 5.91 Å². The maximum Gasteiger partial charge on any atom is 0.239 e. The molecule has 13 heavy (non-hydrogen) atoms. The summed E-state index contributed by atoms with van der Waals surface area (Å²) < 4.78 is 0. The maximum absolute atomic E-state index is 11.5. The van der Waals surface area contributed by atoms with Crippen LogP contribution in [0.4, 0.5) is 0 Å². The van der Waals surface area contributed by atoms with Gasteiger partial charge >= 0.3 is 0 Å². The second-order valence-corrected chi connectivity index (χ2v) is 3.64. The number of piperazine rings is 1. The molecule has 1 fully saturated rings. The number of nitrogens with one attached hydrogen (secondary N) is 1. The van der Waals surface area contributed by atoms with Crippen LogP contribution in [0.3, 0.4) is 0 Å². The molecule has 2 unspecified atom stereocenters. The van der Waals surface area contributed by atoms with Crippen LogP contribution in [-0.4, -0.2) is 47.7 Å². The Bertz CT molecular complexity index is 182. The third kappa shape index (κ3) is 2.97. The van der Waals surface area contributed by atoms with Crippen LogP contribution in [0.2, 0.25) is 0 Å². The molecular weight excluding hydrogens is 168 g/mol. The van der Waals surface area contributed by atoms with Gasteiger partial charge in [-0.2, -0.15) is 0 Å². The molecule has 1 amide bonds. The molecular formula is C9H18N2O2. The molecule has 0 aromatic rings. The second-order valence-electron chi connectivity index (χ2n) is 3.64. The monoisotopic (exact) mass is 186 g/mol. The maximum atomic E-state index is 11.5. The van der Waals surface area contributed by atoms with Crippen molar-refractivity contribution < 1.29 is 9.90 Å². The first-order chi connectivity index (χ1) is 6.11. The highest BCUT2D eigenvalue weighted by Crippen LogP contribution is 2.03. The molecule has 1 heterocycles. The number of rotatable bonds is 3. The lowest BCUT2D eigenvalue weighted by Gasteiger charge is -2.31. The lowest BCUT2D eigenvalue weighted by atomic mass is 10.2. The van der Waals surface area contributed by atoms with E-state index in [1.807, 2.05) is 11.8 Å². The van der Waals surface area contributed by atoms with Crippen LogP contribution in [0.1, 0.15) is 20.3 Å². The fourth-order valence-electron chi connectivity index (χ4n) is 1.45. The fraction of sp³-hybridized carbons (Fsp3) is 0.889. The standard InChI is InChI=1S/C9H18N2O2/c1-7(12)3-5-11-6-4-10-8(2)9(11)13/h7-8,10,12H,3-6H2,1-2H3. The molecule has 1 saturated heterocycles. The van der Waals surface area contributed by atoms with Crippen LogP contribution >= 0.6 is 0 Å². The normalized spacial score (nSPS) is 26.2. The minimum atomic E-state index is -0.321. The highest BCUT2D eigenvalue weighted by atomic mass is 16.3. The summed E-state index contributed by atoms with van der Waals surface area (Å²) in [6.45, 7) is 5.90. The number of nitrogens with zero attached hydrogens (tertiary/aromatic N) is 1. The topological polar surface area (TPSA) is 52.6 Å². The highest BCUT2D eigenvalue weighted by molar-refractivity contribution is 5.82. The Morgan fingerprint density at radius 1 is 1.77 bits per heavy atom. The van der Waals surface area contributed by atoms with E-state index in [1.54, 1.807) is 6.92 Å². The second kappa shape index (κ2) is 4.58. The number of aliphatic hydroxyl groups excluding tert-OH is 1. The van der Waals surface area contributed by atoms with E-state index >= 15 is 0 Å². The minimum Gasteiger partial charge on any atom is -0.393 e. The zero-order chi connectivity index (χ0) is 9.84. The van der Waals surface area contributed by atoms with Crippen LogP contribution in [0, 0.1) is 0 Å². The molecule has 1 aliphatic rings. The molecule has 4 heteroatoms.